The molecule has 0 fully saturated rings. The van der Waals surface area contributed by atoms with Crippen LogP contribution in [0.15, 0.2) is 42.6 Å². The van der Waals surface area contributed by atoms with Crippen LogP contribution in [0.5, 0.6) is 11.5 Å². The van der Waals surface area contributed by atoms with Crippen LogP contribution < -0.4 is 14.8 Å². The predicted molar refractivity (Wildman–Crippen MR) is 169 cm³/mol. The summed E-state index contributed by atoms with van der Waals surface area (Å²) < 4.78 is 21.1. The van der Waals surface area contributed by atoms with Crippen LogP contribution in [0.25, 0.3) is 0 Å². The lowest BCUT2D eigenvalue weighted by molar-refractivity contribution is -0.140. The molecule has 3 aromatic rings. The van der Waals surface area contributed by atoms with E-state index in [2.05, 4.69) is 15.0 Å². The van der Waals surface area contributed by atoms with Crippen molar-refractivity contribution in [2.45, 2.75) is 44.8 Å². The van der Waals surface area contributed by atoms with Crippen LogP contribution in [0.3, 0.4) is 0 Å². The fourth-order valence-electron chi connectivity index (χ4n) is 3.98. The smallest absolute Gasteiger partial charge is 0.341 e. The monoisotopic (exact) mass is 688 g/mol. The van der Waals surface area contributed by atoms with Crippen molar-refractivity contribution >= 4 is 69.8 Å². The molecule has 0 bridgehead atoms. The van der Waals surface area contributed by atoms with Gasteiger partial charge in [-0.2, -0.15) is 0 Å². The number of carbonyl (C=O) groups excluding carboxylic acids is 2. The summed E-state index contributed by atoms with van der Waals surface area (Å²) in [5, 5.41) is 24.7. The van der Waals surface area contributed by atoms with Gasteiger partial charge in [0.25, 0.3) is 0 Å². The van der Waals surface area contributed by atoms with E-state index in [1.165, 1.54) is 13.3 Å². The Kier molecular flexibility index (Phi) is 14.1. The molecule has 1 aromatic heterocycles. The molecule has 3 rings (SSSR count). The van der Waals surface area contributed by atoms with Gasteiger partial charge in [-0.1, -0.05) is 46.4 Å². The molecule has 0 saturated carbocycles. The predicted octanol–water partition coefficient (Wildman–Crippen LogP) is 6.68. The summed E-state index contributed by atoms with van der Waals surface area (Å²) in [6.45, 7) is 1.96. The molecule has 238 valence electrons. The Balaban J connectivity index is 1.49. The van der Waals surface area contributed by atoms with E-state index in [-0.39, 0.29) is 88.0 Å². The summed E-state index contributed by atoms with van der Waals surface area (Å²) in [6.07, 6.45) is 0.00982. The zero-order valence-corrected chi connectivity index (χ0v) is 27.0. The molecule has 3 N–H and O–H groups in total. The number of aromatic nitrogens is 1. The van der Waals surface area contributed by atoms with Crippen LogP contribution >= 0.6 is 46.4 Å². The van der Waals surface area contributed by atoms with Crippen molar-refractivity contribution in [3.63, 3.8) is 0 Å². The Morgan fingerprint density at radius 3 is 1.98 bits per heavy atom. The number of esters is 2. The molecule has 0 unspecified atom stereocenters. The fraction of sp³-hybridized carbons (Fsp3) is 0.367. The number of hydrogen-bond donors (Lipinski definition) is 3. The summed E-state index contributed by atoms with van der Waals surface area (Å²) in [6, 6.07) is 9.60. The second-order valence-corrected chi connectivity index (χ2v) is 11.0. The van der Waals surface area contributed by atoms with E-state index >= 15 is 0 Å². The molecule has 0 aliphatic rings. The van der Waals surface area contributed by atoms with E-state index in [0.717, 1.165) is 5.56 Å². The number of pyridine rings is 1. The van der Waals surface area contributed by atoms with Crippen molar-refractivity contribution in [1.82, 2.24) is 4.98 Å². The molecule has 14 heteroatoms. The highest BCUT2D eigenvalue weighted by Gasteiger charge is 2.20. The number of anilines is 2. The second-order valence-electron chi connectivity index (χ2n) is 9.39. The molecule has 44 heavy (non-hydrogen) atoms. The highest BCUT2D eigenvalue weighted by Crippen LogP contribution is 2.37. The normalized spacial score (nSPS) is 12.3. The summed E-state index contributed by atoms with van der Waals surface area (Å²) in [4.78, 5) is 27.8. The molecule has 1 heterocycles. The van der Waals surface area contributed by atoms with Gasteiger partial charge in [0.15, 0.2) is 11.5 Å². The number of carbonyl (C=O) groups is 2. The van der Waals surface area contributed by atoms with E-state index in [1.54, 1.807) is 43.3 Å². The maximum atomic E-state index is 12.2. The third kappa shape index (κ3) is 10.3. The van der Waals surface area contributed by atoms with E-state index < -0.39 is 18.2 Å². The summed E-state index contributed by atoms with van der Waals surface area (Å²) in [5.41, 5.74) is 1.45. The van der Waals surface area contributed by atoms with Crippen molar-refractivity contribution in [3.8, 4) is 11.5 Å². The highest BCUT2D eigenvalue weighted by atomic mass is 35.5. The zero-order valence-electron chi connectivity index (χ0n) is 23.9. The van der Waals surface area contributed by atoms with E-state index in [9.17, 15) is 19.8 Å². The Morgan fingerprint density at radius 2 is 1.45 bits per heavy atom. The Bertz CT molecular complexity index is 1400. The molecule has 0 aliphatic heterocycles. The SMILES string of the molecule is CCOC(=O)c1cccnc1Nc1cc(Cl)c(OCC[C@@H](O)[C@H](O)CCOc2c(Cl)cc(CCC(=O)OC)cc2Cl)c(Cl)c1. The maximum Gasteiger partial charge on any atom is 0.341 e. The molecular weight excluding hydrogens is 658 g/mol. The number of hydrogen-bond acceptors (Lipinski definition) is 10. The molecular formula is C30H32Cl4N2O8. The van der Waals surface area contributed by atoms with E-state index in [4.69, 9.17) is 60.6 Å². The van der Waals surface area contributed by atoms with Crippen LogP contribution in [0.1, 0.15) is 42.1 Å². The van der Waals surface area contributed by atoms with Gasteiger partial charge in [0, 0.05) is 31.1 Å². The number of methoxy groups -OCH3 is 1. The van der Waals surface area contributed by atoms with Gasteiger partial charge in [-0.15, -0.1) is 0 Å². The van der Waals surface area contributed by atoms with Crippen LogP contribution in [0.4, 0.5) is 11.5 Å². The van der Waals surface area contributed by atoms with Gasteiger partial charge in [-0.25, -0.2) is 9.78 Å². The minimum absolute atomic E-state index is 0.00321. The quantitative estimate of drug-likeness (QED) is 0.140. The lowest BCUT2D eigenvalue weighted by Crippen LogP contribution is -2.29. The number of nitrogens with zero attached hydrogens (tertiary/aromatic N) is 1. The number of ether oxygens (including phenoxy) is 4. The van der Waals surface area contributed by atoms with Gasteiger partial charge in [0.1, 0.15) is 11.4 Å². The third-order valence-electron chi connectivity index (χ3n) is 6.23. The first kappa shape index (κ1) is 35.5. The topological polar surface area (TPSA) is 136 Å². The Labute approximate surface area is 275 Å². The number of aryl methyl sites for hydroxylation is 1. The lowest BCUT2D eigenvalue weighted by Gasteiger charge is -2.19. The van der Waals surface area contributed by atoms with Crippen LogP contribution in [0.2, 0.25) is 20.1 Å². The molecule has 10 nitrogen and oxygen atoms in total. The summed E-state index contributed by atoms with van der Waals surface area (Å²) in [7, 11) is 1.32. The summed E-state index contributed by atoms with van der Waals surface area (Å²) in [5.74, 6) is -0.175. The minimum Gasteiger partial charge on any atom is -0.490 e. The third-order valence-corrected chi connectivity index (χ3v) is 7.35. The van der Waals surface area contributed by atoms with Crippen molar-refractivity contribution in [1.29, 1.82) is 0 Å². The van der Waals surface area contributed by atoms with Crippen molar-refractivity contribution in [2.24, 2.45) is 0 Å². The first-order valence-corrected chi connectivity index (χ1v) is 15.1. The average Bonchev–Trinajstić information content (AvgIpc) is 2.98. The van der Waals surface area contributed by atoms with Gasteiger partial charge in [0.2, 0.25) is 0 Å². The van der Waals surface area contributed by atoms with Crippen LogP contribution in [-0.4, -0.2) is 66.3 Å². The molecule has 2 aromatic carbocycles. The largest absolute Gasteiger partial charge is 0.490 e. The Hall–Kier alpha value is -2.99. The van der Waals surface area contributed by atoms with Crippen LogP contribution in [-0.2, 0) is 20.7 Å². The standard InChI is InChI=1S/C30H32Cl4N2O8/c1-3-42-30(40)19-5-4-10-35-29(19)36-18-15-22(33)28(23(34)16-18)44-12-9-25(38)24(37)8-11-43-27-20(31)13-17(14-21(27)32)6-7-26(39)41-2/h4-5,10,13-16,24-25,37-38H,3,6-9,11-12H2,1-2H3,(H,35,36)/t24-,25-/m1/s1. The Morgan fingerprint density at radius 1 is 0.909 bits per heavy atom. The van der Waals surface area contributed by atoms with E-state index in [1.807, 2.05) is 0 Å². The molecule has 2 atom stereocenters. The average molecular weight is 690 g/mol. The second kappa shape index (κ2) is 17.5. The van der Waals surface area contributed by atoms with Gasteiger partial charge in [-0.3, -0.25) is 4.79 Å². The number of benzene rings is 2. The van der Waals surface area contributed by atoms with Gasteiger partial charge in [-0.05, 0) is 55.3 Å². The number of halogens is 4. The van der Waals surface area contributed by atoms with Crippen molar-refractivity contribution in [2.75, 3.05) is 32.2 Å². The molecule has 0 aliphatic carbocycles. The zero-order chi connectivity index (χ0) is 32.2. The highest BCUT2D eigenvalue weighted by molar-refractivity contribution is 6.38. The molecule has 0 saturated heterocycles. The number of rotatable bonds is 16. The minimum atomic E-state index is -1.13. The molecule has 0 amide bonds. The summed E-state index contributed by atoms with van der Waals surface area (Å²) >= 11 is 25.4. The van der Waals surface area contributed by atoms with Gasteiger partial charge >= 0.3 is 11.9 Å². The van der Waals surface area contributed by atoms with Crippen molar-refractivity contribution in [3.05, 3.63) is 73.8 Å². The first-order valence-electron chi connectivity index (χ1n) is 13.6. The number of aliphatic hydroxyl groups excluding tert-OH is 2. The van der Waals surface area contributed by atoms with Gasteiger partial charge in [0.05, 0.1) is 59.2 Å². The number of nitrogens with one attached hydrogen (secondary N) is 1. The van der Waals surface area contributed by atoms with Gasteiger partial charge < -0.3 is 34.5 Å². The molecule has 0 spiro atoms. The van der Waals surface area contributed by atoms with Crippen LogP contribution in [0, 0.1) is 0 Å². The van der Waals surface area contributed by atoms with E-state index in [0.29, 0.717) is 12.1 Å². The number of aliphatic hydroxyl groups is 2. The van der Waals surface area contributed by atoms with Crippen molar-refractivity contribution < 1.29 is 38.7 Å². The first-order chi connectivity index (χ1) is 21.0. The fourth-order valence-corrected chi connectivity index (χ4v) is 5.21. The maximum absolute atomic E-state index is 12.2. The lowest BCUT2D eigenvalue weighted by atomic mass is 10.1. The molecule has 0 radical (unpaired) electrons.